The number of hydrogen-bond donors (Lipinski definition) is 2. The van der Waals surface area contributed by atoms with Crippen molar-refractivity contribution in [3.05, 3.63) is 48.2 Å². The summed E-state index contributed by atoms with van der Waals surface area (Å²) in [6.07, 6.45) is 2.98. The first kappa shape index (κ1) is 16.8. The number of piperazine rings is 1. The molecule has 0 saturated carbocycles. The van der Waals surface area contributed by atoms with Crippen LogP contribution in [0.5, 0.6) is 0 Å². The van der Waals surface area contributed by atoms with Crippen molar-refractivity contribution >= 4 is 15.9 Å². The molecule has 2 aromatic rings. The average molecular weight is 348 g/mol. The molecule has 4 rings (SSSR count). The molecule has 2 saturated heterocycles. The first-order valence-corrected chi connectivity index (χ1v) is 9.19. The van der Waals surface area contributed by atoms with E-state index in [0.717, 1.165) is 24.5 Å². The lowest BCUT2D eigenvalue weighted by Crippen LogP contribution is -2.44. The molecule has 8 heteroatoms. The molecular formula is C16H20N4O3S. The topological polar surface area (TPSA) is 95.4 Å². The maximum absolute atomic E-state index is 10.5. The Morgan fingerprint density at radius 2 is 2.00 bits per heavy atom. The Morgan fingerprint density at radius 1 is 1.25 bits per heavy atom. The molecule has 1 aromatic heterocycles. The summed E-state index contributed by atoms with van der Waals surface area (Å²) in [5.74, 6) is 1.02. The van der Waals surface area contributed by atoms with Crippen LogP contribution in [0.4, 0.5) is 5.82 Å². The Kier molecular flexibility index (Phi) is 4.79. The van der Waals surface area contributed by atoms with Gasteiger partial charge in [0.2, 0.25) is 0 Å². The number of benzene rings is 1. The summed E-state index contributed by atoms with van der Waals surface area (Å²) in [6, 6.07) is 11.3. The van der Waals surface area contributed by atoms with Crippen molar-refractivity contribution in [2.24, 2.45) is 0 Å². The van der Waals surface area contributed by atoms with E-state index < -0.39 is 10.1 Å². The van der Waals surface area contributed by atoms with E-state index >= 15 is 0 Å². The van der Waals surface area contributed by atoms with Crippen LogP contribution in [0.3, 0.4) is 0 Å². The first-order chi connectivity index (χ1) is 11.4. The molecular weight excluding hydrogens is 328 g/mol. The number of hydrogen-bond acceptors (Lipinski definition) is 6. The zero-order valence-corrected chi connectivity index (χ0v) is 14.1. The normalized spacial score (nSPS) is 22.2. The van der Waals surface area contributed by atoms with Crippen LogP contribution in [0.15, 0.2) is 47.5 Å². The lowest BCUT2D eigenvalue weighted by molar-refractivity contribution is 0.483. The van der Waals surface area contributed by atoms with Gasteiger partial charge in [-0.2, -0.15) is 13.5 Å². The van der Waals surface area contributed by atoms with E-state index in [9.17, 15) is 8.42 Å². The van der Waals surface area contributed by atoms with Gasteiger partial charge in [-0.15, -0.1) is 5.10 Å². The number of nitrogens with one attached hydrogen (secondary N) is 1. The van der Waals surface area contributed by atoms with Gasteiger partial charge in [0, 0.05) is 31.4 Å². The molecule has 2 bridgehead atoms. The predicted octanol–water partition coefficient (Wildman–Crippen LogP) is 1.27. The Hall–Kier alpha value is -2.03. The SMILES string of the molecule is Cc1ccc(S(=O)(=O)O)cc1.c1cnnc(N2C[C@@H]3C[C@H]2CN3)c1. The molecule has 2 aliphatic heterocycles. The molecule has 2 N–H and O–H groups in total. The fraction of sp³-hybridized carbons (Fsp3) is 0.375. The van der Waals surface area contributed by atoms with Crippen molar-refractivity contribution in [1.29, 1.82) is 0 Å². The van der Waals surface area contributed by atoms with Crippen molar-refractivity contribution in [1.82, 2.24) is 15.5 Å². The largest absolute Gasteiger partial charge is 0.349 e. The van der Waals surface area contributed by atoms with Crippen molar-refractivity contribution in [2.75, 3.05) is 18.0 Å². The minimum Gasteiger partial charge on any atom is -0.349 e. The second-order valence-corrected chi connectivity index (χ2v) is 7.44. The molecule has 0 spiro atoms. The Labute approximate surface area is 141 Å². The highest BCUT2D eigenvalue weighted by molar-refractivity contribution is 7.85. The van der Waals surface area contributed by atoms with Gasteiger partial charge in [0.05, 0.1) is 4.90 Å². The highest BCUT2D eigenvalue weighted by Gasteiger charge is 2.38. The van der Waals surface area contributed by atoms with Crippen LogP contribution in [0.2, 0.25) is 0 Å². The van der Waals surface area contributed by atoms with Gasteiger partial charge in [0.1, 0.15) is 0 Å². The maximum atomic E-state index is 10.5. The van der Waals surface area contributed by atoms with Crippen LogP contribution in [-0.2, 0) is 10.1 Å². The number of nitrogens with zero attached hydrogens (tertiary/aromatic N) is 3. The third-order valence-electron chi connectivity index (χ3n) is 4.23. The monoisotopic (exact) mass is 348 g/mol. The molecule has 0 radical (unpaired) electrons. The Balaban J connectivity index is 0.000000144. The molecule has 7 nitrogen and oxygen atoms in total. The summed E-state index contributed by atoms with van der Waals surface area (Å²) in [5, 5.41) is 11.5. The van der Waals surface area contributed by atoms with E-state index in [2.05, 4.69) is 20.4 Å². The highest BCUT2D eigenvalue weighted by Crippen LogP contribution is 2.27. The smallest absolute Gasteiger partial charge is 0.294 e. The van der Waals surface area contributed by atoms with Crippen LogP contribution in [0, 0.1) is 6.92 Å². The minimum atomic E-state index is -4.02. The molecule has 0 aliphatic carbocycles. The van der Waals surface area contributed by atoms with E-state index in [1.807, 2.05) is 19.1 Å². The number of fused-ring (bicyclic) bond motifs is 2. The van der Waals surface area contributed by atoms with E-state index in [1.165, 1.54) is 18.6 Å². The van der Waals surface area contributed by atoms with Crippen LogP contribution < -0.4 is 10.2 Å². The van der Waals surface area contributed by atoms with Crippen LogP contribution in [0.25, 0.3) is 0 Å². The molecule has 2 fully saturated rings. The molecule has 24 heavy (non-hydrogen) atoms. The van der Waals surface area contributed by atoms with E-state index in [4.69, 9.17) is 4.55 Å². The van der Waals surface area contributed by atoms with Crippen molar-refractivity contribution in [3.8, 4) is 0 Å². The summed E-state index contributed by atoms with van der Waals surface area (Å²) < 4.78 is 29.6. The maximum Gasteiger partial charge on any atom is 0.294 e. The molecule has 2 aliphatic rings. The first-order valence-electron chi connectivity index (χ1n) is 7.75. The summed E-state index contributed by atoms with van der Waals surface area (Å²) in [7, 11) is -4.02. The van der Waals surface area contributed by atoms with Crippen LogP contribution in [0.1, 0.15) is 12.0 Å². The molecule has 1 aromatic carbocycles. The fourth-order valence-corrected chi connectivity index (χ4v) is 3.48. The van der Waals surface area contributed by atoms with E-state index in [1.54, 1.807) is 18.3 Å². The highest BCUT2D eigenvalue weighted by atomic mass is 32.2. The summed E-state index contributed by atoms with van der Waals surface area (Å²) in [5.41, 5.74) is 0.956. The second-order valence-electron chi connectivity index (χ2n) is 6.02. The molecule has 128 valence electrons. The predicted molar refractivity (Wildman–Crippen MR) is 90.6 cm³/mol. The van der Waals surface area contributed by atoms with Gasteiger partial charge in [-0.25, -0.2) is 0 Å². The van der Waals surface area contributed by atoms with Gasteiger partial charge in [0.15, 0.2) is 5.82 Å². The standard InChI is InChI=1S/C9H12N4.C7H8O3S/c1-2-9(12-11-3-1)13-6-7-4-8(13)5-10-7;1-6-2-4-7(5-3-6)11(8,9)10/h1-3,7-8,10H,4-6H2;2-5H,1H3,(H,8,9,10)/t7-,8-;/m0./s1. The second kappa shape index (κ2) is 6.84. The van der Waals surface area contributed by atoms with Gasteiger partial charge in [-0.05, 0) is 37.6 Å². The van der Waals surface area contributed by atoms with Gasteiger partial charge in [0.25, 0.3) is 10.1 Å². The van der Waals surface area contributed by atoms with E-state index in [-0.39, 0.29) is 4.90 Å². The van der Waals surface area contributed by atoms with Gasteiger partial charge in [-0.3, -0.25) is 4.55 Å². The van der Waals surface area contributed by atoms with Crippen molar-refractivity contribution < 1.29 is 13.0 Å². The number of aryl methyl sites for hydroxylation is 1. The number of rotatable bonds is 2. The third-order valence-corrected chi connectivity index (χ3v) is 5.10. The lowest BCUT2D eigenvalue weighted by atomic mass is 10.2. The molecule has 2 atom stereocenters. The lowest BCUT2D eigenvalue weighted by Gasteiger charge is -2.27. The average Bonchev–Trinajstić information content (AvgIpc) is 3.19. The summed E-state index contributed by atoms with van der Waals surface area (Å²) in [6.45, 7) is 4.03. The Morgan fingerprint density at radius 3 is 2.50 bits per heavy atom. The van der Waals surface area contributed by atoms with Gasteiger partial charge >= 0.3 is 0 Å². The number of aromatic nitrogens is 2. The fourth-order valence-electron chi connectivity index (χ4n) is 3.00. The van der Waals surface area contributed by atoms with Crippen molar-refractivity contribution in [3.63, 3.8) is 0 Å². The Bertz CT molecular complexity index is 781. The van der Waals surface area contributed by atoms with Crippen LogP contribution in [-0.4, -0.2) is 48.3 Å². The summed E-state index contributed by atoms with van der Waals surface area (Å²) in [4.78, 5) is 2.29. The third kappa shape index (κ3) is 3.89. The van der Waals surface area contributed by atoms with Gasteiger partial charge < -0.3 is 10.2 Å². The quantitative estimate of drug-likeness (QED) is 0.789. The molecule has 0 unspecified atom stereocenters. The zero-order chi connectivity index (χ0) is 17.2. The van der Waals surface area contributed by atoms with Crippen molar-refractivity contribution in [2.45, 2.75) is 30.3 Å². The van der Waals surface area contributed by atoms with Crippen LogP contribution >= 0.6 is 0 Å². The summed E-state index contributed by atoms with van der Waals surface area (Å²) >= 11 is 0. The zero-order valence-electron chi connectivity index (χ0n) is 13.3. The molecule has 3 heterocycles. The van der Waals surface area contributed by atoms with Gasteiger partial charge in [-0.1, -0.05) is 17.7 Å². The minimum absolute atomic E-state index is 0.0666. The number of anilines is 1. The molecule has 0 amide bonds. The van der Waals surface area contributed by atoms with E-state index in [0.29, 0.717) is 12.1 Å².